The molecule has 0 aromatic carbocycles. The minimum absolute atomic E-state index is 0.384. The third-order valence-electron chi connectivity index (χ3n) is 3.65. The van der Waals surface area contributed by atoms with Crippen LogP contribution >= 0.6 is 0 Å². The first kappa shape index (κ1) is 17.1. The van der Waals surface area contributed by atoms with E-state index in [1.165, 1.54) is 0 Å². The molecule has 0 aliphatic carbocycles. The Balaban J connectivity index is 1.94. The molecule has 0 unspecified atom stereocenters. The normalized spacial score (nSPS) is 36.1. The molecule has 2 rings (SSSR count). The Morgan fingerprint density at radius 1 is 1.29 bits per heavy atom. The molecule has 7 heteroatoms. The van der Waals surface area contributed by atoms with E-state index in [1.807, 2.05) is 27.9 Å². The molecule has 0 amide bonds. The minimum Gasteiger partial charge on any atom is -0.394 e. The topological polar surface area (TPSA) is 80.6 Å². The highest BCUT2D eigenvalue weighted by Gasteiger charge is 2.56. The van der Waals surface area contributed by atoms with Crippen molar-refractivity contribution in [2.75, 3.05) is 33.9 Å². The van der Waals surface area contributed by atoms with E-state index in [0.717, 1.165) is 13.0 Å². The second-order valence-corrected chi connectivity index (χ2v) is 6.31. The van der Waals surface area contributed by atoms with Gasteiger partial charge in [0.2, 0.25) is 0 Å². The standard InChI is InChI=1S/C14H27NO6/c1-14(2)20-12-11(18-7-5-6-15(3)4)10(9(17)8-16)19-13(12)21-14/h9-13,16-17H,5-8H2,1-4H3/t9-,10+,11+,12-,13+/m1/s1. The molecular formula is C14H27NO6. The lowest BCUT2D eigenvalue weighted by Crippen LogP contribution is -2.44. The summed E-state index contributed by atoms with van der Waals surface area (Å²) in [6.07, 6.45) is -2.17. The van der Waals surface area contributed by atoms with Crippen LogP contribution in [0.15, 0.2) is 0 Å². The van der Waals surface area contributed by atoms with Crippen molar-refractivity contribution in [1.82, 2.24) is 4.90 Å². The minimum atomic E-state index is -1.01. The lowest BCUT2D eigenvalue weighted by molar-refractivity contribution is -0.231. The Labute approximate surface area is 125 Å². The van der Waals surface area contributed by atoms with Crippen molar-refractivity contribution in [3.63, 3.8) is 0 Å². The fourth-order valence-electron chi connectivity index (χ4n) is 2.71. The van der Waals surface area contributed by atoms with Gasteiger partial charge in [-0.2, -0.15) is 0 Å². The van der Waals surface area contributed by atoms with Crippen molar-refractivity contribution in [2.45, 2.75) is 56.8 Å². The number of fused-ring (bicyclic) bond motifs is 1. The maximum atomic E-state index is 9.88. The number of hydrogen-bond acceptors (Lipinski definition) is 7. The molecule has 0 aromatic rings. The highest BCUT2D eigenvalue weighted by molar-refractivity contribution is 4.96. The van der Waals surface area contributed by atoms with Gasteiger partial charge in [-0.05, 0) is 40.9 Å². The van der Waals surface area contributed by atoms with Crippen LogP contribution in [0.5, 0.6) is 0 Å². The van der Waals surface area contributed by atoms with E-state index in [4.69, 9.17) is 24.1 Å². The van der Waals surface area contributed by atoms with Crippen molar-refractivity contribution in [3.05, 3.63) is 0 Å². The van der Waals surface area contributed by atoms with E-state index in [-0.39, 0.29) is 12.7 Å². The maximum absolute atomic E-state index is 9.88. The Bertz CT molecular complexity index is 337. The number of rotatable bonds is 7. The zero-order valence-corrected chi connectivity index (χ0v) is 13.2. The zero-order valence-electron chi connectivity index (χ0n) is 13.2. The maximum Gasteiger partial charge on any atom is 0.190 e. The van der Waals surface area contributed by atoms with E-state index in [1.54, 1.807) is 0 Å². The van der Waals surface area contributed by atoms with Crippen molar-refractivity contribution in [3.8, 4) is 0 Å². The SMILES string of the molecule is CN(C)CCCO[C@H]1[C@H]([C@H](O)CO)O[C@H]2OC(C)(C)O[C@@H]21. The van der Waals surface area contributed by atoms with E-state index in [9.17, 15) is 5.11 Å². The Morgan fingerprint density at radius 3 is 2.62 bits per heavy atom. The second-order valence-electron chi connectivity index (χ2n) is 6.31. The molecule has 2 saturated heterocycles. The summed E-state index contributed by atoms with van der Waals surface area (Å²) in [4.78, 5) is 2.08. The number of nitrogens with zero attached hydrogens (tertiary/aromatic N) is 1. The molecule has 0 aromatic heterocycles. The first-order valence-corrected chi connectivity index (χ1v) is 7.40. The molecular weight excluding hydrogens is 278 g/mol. The zero-order chi connectivity index (χ0) is 15.6. The molecule has 21 heavy (non-hydrogen) atoms. The quantitative estimate of drug-likeness (QED) is 0.617. The number of hydrogen-bond donors (Lipinski definition) is 2. The van der Waals surface area contributed by atoms with Gasteiger partial charge >= 0.3 is 0 Å². The van der Waals surface area contributed by atoms with Gasteiger partial charge < -0.3 is 34.1 Å². The summed E-state index contributed by atoms with van der Waals surface area (Å²) < 4.78 is 23.0. The molecule has 0 radical (unpaired) electrons. The van der Waals surface area contributed by atoms with Crippen LogP contribution in [0.1, 0.15) is 20.3 Å². The first-order valence-electron chi connectivity index (χ1n) is 7.40. The van der Waals surface area contributed by atoms with Gasteiger partial charge in [0.15, 0.2) is 12.1 Å². The highest BCUT2D eigenvalue weighted by Crippen LogP contribution is 2.39. The summed E-state index contributed by atoms with van der Waals surface area (Å²) >= 11 is 0. The molecule has 5 atom stereocenters. The van der Waals surface area contributed by atoms with E-state index in [2.05, 4.69) is 4.90 Å². The molecule has 2 aliphatic heterocycles. The van der Waals surface area contributed by atoms with Crippen LogP contribution in [-0.2, 0) is 18.9 Å². The molecule has 2 fully saturated rings. The lowest BCUT2D eigenvalue weighted by Gasteiger charge is -2.28. The Kier molecular flexibility index (Phi) is 5.59. The van der Waals surface area contributed by atoms with E-state index < -0.39 is 30.4 Å². The fourth-order valence-corrected chi connectivity index (χ4v) is 2.71. The summed E-state index contributed by atoms with van der Waals surface area (Å²) in [6, 6.07) is 0. The lowest BCUT2D eigenvalue weighted by atomic mass is 10.1. The summed E-state index contributed by atoms with van der Waals surface area (Å²) in [6.45, 7) is 4.70. The summed E-state index contributed by atoms with van der Waals surface area (Å²) in [7, 11) is 4.01. The molecule has 2 N–H and O–H groups in total. The number of ether oxygens (including phenoxy) is 4. The van der Waals surface area contributed by atoms with Gasteiger partial charge in [-0.15, -0.1) is 0 Å². The van der Waals surface area contributed by atoms with E-state index in [0.29, 0.717) is 6.61 Å². The summed E-state index contributed by atoms with van der Waals surface area (Å²) in [5.41, 5.74) is 0. The van der Waals surface area contributed by atoms with Crippen LogP contribution in [-0.4, -0.2) is 85.5 Å². The monoisotopic (exact) mass is 305 g/mol. The predicted molar refractivity (Wildman–Crippen MR) is 74.7 cm³/mol. The smallest absolute Gasteiger partial charge is 0.190 e. The molecule has 124 valence electrons. The van der Waals surface area contributed by atoms with Gasteiger partial charge in [-0.1, -0.05) is 0 Å². The van der Waals surface area contributed by atoms with Crippen molar-refractivity contribution >= 4 is 0 Å². The first-order chi connectivity index (χ1) is 9.84. The third-order valence-corrected chi connectivity index (χ3v) is 3.65. The largest absolute Gasteiger partial charge is 0.394 e. The number of aliphatic hydroxyl groups excluding tert-OH is 2. The van der Waals surface area contributed by atoms with Crippen LogP contribution in [0.25, 0.3) is 0 Å². The van der Waals surface area contributed by atoms with Crippen LogP contribution in [0.2, 0.25) is 0 Å². The van der Waals surface area contributed by atoms with Gasteiger partial charge in [-0.3, -0.25) is 0 Å². The fraction of sp³-hybridized carbons (Fsp3) is 1.00. The van der Waals surface area contributed by atoms with Crippen molar-refractivity contribution < 1.29 is 29.2 Å². The Morgan fingerprint density at radius 2 is 2.00 bits per heavy atom. The van der Waals surface area contributed by atoms with Gasteiger partial charge in [-0.25, -0.2) is 0 Å². The van der Waals surface area contributed by atoms with Crippen molar-refractivity contribution in [2.24, 2.45) is 0 Å². The van der Waals surface area contributed by atoms with Crippen LogP contribution in [0.4, 0.5) is 0 Å². The second kappa shape index (κ2) is 6.87. The summed E-state index contributed by atoms with van der Waals surface area (Å²) in [5.74, 6) is -0.726. The number of aliphatic hydroxyl groups is 2. The van der Waals surface area contributed by atoms with Crippen LogP contribution in [0.3, 0.4) is 0 Å². The van der Waals surface area contributed by atoms with Crippen LogP contribution < -0.4 is 0 Å². The average Bonchev–Trinajstić information content (AvgIpc) is 2.86. The molecule has 0 saturated carbocycles. The van der Waals surface area contributed by atoms with E-state index >= 15 is 0 Å². The predicted octanol–water partition coefficient (Wildman–Crippen LogP) is -0.447. The summed E-state index contributed by atoms with van der Waals surface area (Å²) in [5, 5.41) is 19.0. The molecule has 0 bridgehead atoms. The van der Waals surface area contributed by atoms with Gasteiger partial charge in [0.05, 0.1) is 6.61 Å². The van der Waals surface area contributed by atoms with Gasteiger partial charge in [0.1, 0.15) is 24.4 Å². The molecule has 7 nitrogen and oxygen atoms in total. The third kappa shape index (κ3) is 4.13. The molecule has 0 spiro atoms. The van der Waals surface area contributed by atoms with Gasteiger partial charge in [0.25, 0.3) is 0 Å². The average molecular weight is 305 g/mol. The van der Waals surface area contributed by atoms with Crippen molar-refractivity contribution in [1.29, 1.82) is 0 Å². The molecule has 2 heterocycles. The molecule has 2 aliphatic rings. The van der Waals surface area contributed by atoms with Crippen LogP contribution in [0, 0.1) is 0 Å². The Hall–Kier alpha value is -0.280. The highest BCUT2D eigenvalue weighted by atomic mass is 16.8. The van der Waals surface area contributed by atoms with Gasteiger partial charge in [0, 0.05) is 6.61 Å².